The van der Waals surface area contributed by atoms with Crippen molar-refractivity contribution in [1.29, 1.82) is 0 Å². The number of fused-ring (bicyclic) bond motifs is 3. The van der Waals surface area contributed by atoms with Gasteiger partial charge in [-0.15, -0.1) is 0 Å². The number of allylic oxidation sites excluding steroid dienone is 29. The number of hydrogen-bond donors (Lipinski definition) is 0. The van der Waals surface area contributed by atoms with Crippen LogP contribution in [0.5, 0.6) is 0 Å². The van der Waals surface area contributed by atoms with Crippen molar-refractivity contribution in [3.8, 4) is 0 Å². The van der Waals surface area contributed by atoms with Gasteiger partial charge in [0, 0.05) is 46.2 Å². The molecule has 0 bridgehead atoms. The lowest BCUT2D eigenvalue weighted by Gasteiger charge is -2.50. The third-order valence-corrected chi connectivity index (χ3v) is 15.7. The Morgan fingerprint density at radius 2 is 1.48 bits per heavy atom. The molecule has 334 valence electrons. The van der Waals surface area contributed by atoms with Crippen LogP contribution < -0.4 is 0 Å². The third-order valence-electron chi connectivity index (χ3n) is 15.7. The summed E-state index contributed by atoms with van der Waals surface area (Å²) >= 11 is 0. The Morgan fingerprint density at radius 3 is 2.29 bits per heavy atom. The van der Waals surface area contributed by atoms with E-state index in [4.69, 9.17) is 0 Å². The first-order valence-corrected chi connectivity index (χ1v) is 25.2. The highest BCUT2D eigenvalue weighted by molar-refractivity contribution is 5.66. The van der Waals surface area contributed by atoms with Gasteiger partial charge in [0.2, 0.25) is 0 Å². The Labute approximate surface area is 392 Å². The molecular formula is C63H72N2. The summed E-state index contributed by atoms with van der Waals surface area (Å²) in [4.78, 5) is 5.48. The Hall–Kier alpha value is -5.34. The van der Waals surface area contributed by atoms with E-state index in [0.717, 1.165) is 70.6 Å². The minimum Gasteiger partial charge on any atom is -0.337 e. The van der Waals surface area contributed by atoms with Crippen LogP contribution in [0.15, 0.2) is 224 Å². The van der Waals surface area contributed by atoms with E-state index in [-0.39, 0.29) is 22.8 Å². The zero-order valence-electron chi connectivity index (χ0n) is 40.5. The molecule has 5 unspecified atom stereocenters. The normalized spacial score (nSPS) is 28.4. The average Bonchev–Trinajstić information content (AvgIpc) is 3.31. The molecule has 0 aliphatic heterocycles. The Balaban J connectivity index is 1.14. The summed E-state index contributed by atoms with van der Waals surface area (Å²) < 4.78 is 0. The van der Waals surface area contributed by atoms with Crippen LogP contribution in [0.4, 0.5) is 0 Å². The van der Waals surface area contributed by atoms with Crippen molar-refractivity contribution in [2.24, 2.45) is 34.5 Å². The Morgan fingerprint density at radius 1 is 0.738 bits per heavy atom. The van der Waals surface area contributed by atoms with Crippen LogP contribution in [0.2, 0.25) is 0 Å². The largest absolute Gasteiger partial charge is 0.337 e. The molecular weight excluding hydrogens is 785 g/mol. The van der Waals surface area contributed by atoms with Crippen LogP contribution in [0.1, 0.15) is 119 Å². The summed E-state index contributed by atoms with van der Waals surface area (Å²) in [5, 5.41) is 0. The standard InChI is InChI=1S/C63H72N2/c1-9-42-22-11-15-29-48(42)56(10-2)64(57-33-19-26-43-23-12-16-30-49(43)57)46-36-38-52-54(40-46)60(62(3,4)5)53-39-37-47(41-55(53)61(52)63(6,7)8)65(58-34-20-27-44-24-13-17-31-50(44)58)59-35-21-28-45-25-14-18-32-51(45)59/h9-11,13-14,16-17,20,22,24-25,27,30-31,33-36,38-41,44,47,50,52,61H,1,12,15,18-19,21,23,26,28-29,32,37H2,2-8H3/b56-10+. The van der Waals surface area contributed by atoms with Gasteiger partial charge in [0.25, 0.3) is 0 Å². The first-order chi connectivity index (χ1) is 31.5. The Bertz CT molecular complexity index is 2620. The van der Waals surface area contributed by atoms with Crippen LogP contribution in [-0.4, -0.2) is 15.8 Å². The fourth-order valence-corrected chi connectivity index (χ4v) is 13.0. The molecule has 0 radical (unpaired) electrons. The van der Waals surface area contributed by atoms with Gasteiger partial charge in [0.15, 0.2) is 0 Å². The lowest BCUT2D eigenvalue weighted by atomic mass is 9.56. The summed E-state index contributed by atoms with van der Waals surface area (Å²) in [7, 11) is 0. The molecule has 0 aromatic heterocycles. The molecule has 0 saturated carbocycles. The maximum atomic E-state index is 4.31. The van der Waals surface area contributed by atoms with E-state index in [0.29, 0.717) is 17.8 Å². The van der Waals surface area contributed by atoms with Gasteiger partial charge in [-0.2, -0.15) is 0 Å². The second-order valence-corrected chi connectivity index (χ2v) is 21.9. The first kappa shape index (κ1) is 43.5. The molecule has 10 rings (SSSR count). The lowest BCUT2D eigenvalue weighted by molar-refractivity contribution is 0.230. The van der Waals surface area contributed by atoms with Crippen molar-refractivity contribution in [2.75, 3.05) is 0 Å². The topological polar surface area (TPSA) is 6.48 Å². The highest BCUT2D eigenvalue weighted by atomic mass is 15.2. The molecule has 0 N–H and O–H groups in total. The summed E-state index contributed by atoms with van der Waals surface area (Å²) in [6.07, 6.45) is 65.7. The van der Waals surface area contributed by atoms with Crippen molar-refractivity contribution in [1.82, 2.24) is 9.80 Å². The van der Waals surface area contributed by atoms with Crippen LogP contribution in [0.25, 0.3) is 0 Å². The fourth-order valence-electron chi connectivity index (χ4n) is 13.0. The van der Waals surface area contributed by atoms with Crippen molar-refractivity contribution in [3.63, 3.8) is 0 Å². The van der Waals surface area contributed by atoms with Gasteiger partial charge >= 0.3 is 0 Å². The van der Waals surface area contributed by atoms with Gasteiger partial charge in [-0.05, 0) is 163 Å². The average molecular weight is 857 g/mol. The second-order valence-electron chi connectivity index (χ2n) is 21.9. The Kier molecular flexibility index (Phi) is 11.7. The number of hydrogen-bond acceptors (Lipinski definition) is 2. The molecule has 2 nitrogen and oxygen atoms in total. The van der Waals surface area contributed by atoms with E-state index in [2.05, 4.69) is 199 Å². The molecule has 65 heavy (non-hydrogen) atoms. The molecule has 0 heterocycles. The zero-order chi connectivity index (χ0) is 45.0. The number of nitrogens with zero attached hydrogens (tertiary/aromatic N) is 2. The van der Waals surface area contributed by atoms with Crippen LogP contribution in [-0.2, 0) is 0 Å². The van der Waals surface area contributed by atoms with E-state index in [9.17, 15) is 0 Å². The van der Waals surface area contributed by atoms with Crippen molar-refractivity contribution < 1.29 is 0 Å². The summed E-state index contributed by atoms with van der Waals surface area (Å²) in [6.45, 7) is 21.4. The molecule has 0 saturated heterocycles. The summed E-state index contributed by atoms with van der Waals surface area (Å²) in [5.74, 6) is 1.28. The van der Waals surface area contributed by atoms with Gasteiger partial charge in [0.05, 0.1) is 6.04 Å². The zero-order valence-corrected chi connectivity index (χ0v) is 40.5. The molecule has 10 aliphatic rings. The third kappa shape index (κ3) is 7.87. The summed E-state index contributed by atoms with van der Waals surface area (Å²) in [5.41, 5.74) is 21.6. The minimum atomic E-state index is -0.0727. The quantitative estimate of drug-likeness (QED) is 0.240. The highest BCUT2D eigenvalue weighted by Gasteiger charge is 2.47. The summed E-state index contributed by atoms with van der Waals surface area (Å²) in [6, 6.07) is 0.218. The molecule has 10 aliphatic carbocycles. The molecule has 2 heteroatoms. The molecule has 0 aromatic carbocycles. The van der Waals surface area contributed by atoms with Gasteiger partial charge in [-0.3, -0.25) is 0 Å². The molecule has 0 spiro atoms. The predicted octanol–water partition coefficient (Wildman–Crippen LogP) is 16.5. The maximum absolute atomic E-state index is 4.31. The van der Waals surface area contributed by atoms with Crippen LogP contribution >= 0.6 is 0 Å². The predicted molar refractivity (Wildman–Crippen MR) is 276 cm³/mol. The minimum absolute atomic E-state index is 0.0141. The van der Waals surface area contributed by atoms with E-state index in [1.54, 1.807) is 22.3 Å². The smallest absolute Gasteiger partial charge is 0.0560 e. The van der Waals surface area contributed by atoms with Gasteiger partial charge in [-0.1, -0.05) is 169 Å². The van der Waals surface area contributed by atoms with E-state index in [1.165, 1.54) is 61.9 Å². The molecule has 5 atom stereocenters. The van der Waals surface area contributed by atoms with Crippen LogP contribution in [0.3, 0.4) is 0 Å². The fraction of sp³-hybridized carbons (Fsp3) is 0.397. The van der Waals surface area contributed by atoms with Gasteiger partial charge in [-0.25, -0.2) is 0 Å². The number of rotatable bonds is 8. The SMILES string of the molecule is C=CC1=C(/C(=C\C)N(C2=CC3=C(C(C)(C)C)C4=CCC(N(C5=CCCC6=C5CCC=C6)C5=CC=CC6C=CC=CC56)C=C4C(C(C)(C)C)C3C=C2)C2=CCCC3=C2C=CCC3)CCC=C1. The van der Waals surface area contributed by atoms with Crippen molar-refractivity contribution >= 4 is 0 Å². The van der Waals surface area contributed by atoms with E-state index >= 15 is 0 Å². The van der Waals surface area contributed by atoms with E-state index in [1.807, 2.05) is 0 Å². The van der Waals surface area contributed by atoms with Crippen LogP contribution in [0, 0.1) is 34.5 Å². The first-order valence-electron chi connectivity index (χ1n) is 25.2. The maximum Gasteiger partial charge on any atom is 0.0560 e. The van der Waals surface area contributed by atoms with E-state index < -0.39 is 0 Å². The van der Waals surface area contributed by atoms with Crippen molar-refractivity contribution in [3.05, 3.63) is 224 Å². The molecule has 0 fully saturated rings. The molecule has 0 aromatic rings. The highest BCUT2D eigenvalue weighted by Crippen LogP contribution is 2.58. The lowest BCUT2D eigenvalue weighted by Crippen LogP contribution is -2.43. The van der Waals surface area contributed by atoms with Crippen molar-refractivity contribution in [2.45, 2.75) is 125 Å². The second kappa shape index (κ2) is 17.5. The molecule has 0 amide bonds. The van der Waals surface area contributed by atoms with Gasteiger partial charge < -0.3 is 9.80 Å². The monoisotopic (exact) mass is 857 g/mol. The van der Waals surface area contributed by atoms with Gasteiger partial charge in [0.1, 0.15) is 0 Å².